The van der Waals surface area contributed by atoms with E-state index < -0.39 is 0 Å². The van der Waals surface area contributed by atoms with Crippen LogP contribution in [0, 0.1) is 0 Å². The summed E-state index contributed by atoms with van der Waals surface area (Å²) in [4.78, 5) is 16.3. The number of benzene rings is 1. The molecule has 1 aromatic carbocycles. The molecule has 5 heteroatoms. The van der Waals surface area contributed by atoms with E-state index in [0.29, 0.717) is 6.54 Å². The highest BCUT2D eigenvalue weighted by molar-refractivity contribution is 8.00. The number of hydrogen-bond donors (Lipinski definition) is 2. The Morgan fingerprint density at radius 1 is 1.24 bits per heavy atom. The van der Waals surface area contributed by atoms with Crippen LogP contribution in [0.1, 0.15) is 18.1 Å². The van der Waals surface area contributed by atoms with Crippen LogP contribution >= 0.6 is 11.8 Å². The number of carbonyl (C=O) groups is 1. The minimum atomic E-state index is -0.221. The minimum Gasteiger partial charge on any atom is -0.392 e. The van der Waals surface area contributed by atoms with E-state index in [2.05, 4.69) is 10.3 Å². The summed E-state index contributed by atoms with van der Waals surface area (Å²) in [6.45, 7) is 2.25. The maximum absolute atomic E-state index is 12.1. The molecule has 1 atom stereocenters. The number of carbonyl (C=O) groups excluding carboxylic acids is 1. The molecule has 0 spiro atoms. The van der Waals surface area contributed by atoms with Gasteiger partial charge in [0.15, 0.2) is 0 Å². The molecule has 0 radical (unpaired) electrons. The number of nitrogens with zero attached hydrogens (tertiary/aromatic N) is 1. The fourth-order valence-electron chi connectivity index (χ4n) is 1.86. The smallest absolute Gasteiger partial charge is 0.233 e. The summed E-state index contributed by atoms with van der Waals surface area (Å²) in [6.07, 6.45) is 1.71. The molecule has 0 saturated heterocycles. The molecule has 4 nitrogen and oxygen atoms in total. The maximum Gasteiger partial charge on any atom is 0.233 e. The Kier molecular flexibility index (Phi) is 5.78. The van der Waals surface area contributed by atoms with Gasteiger partial charge in [0.05, 0.1) is 16.9 Å². The lowest BCUT2D eigenvalue weighted by Gasteiger charge is -2.13. The minimum absolute atomic E-state index is 0.0235. The zero-order chi connectivity index (χ0) is 15.1. The van der Waals surface area contributed by atoms with Gasteiger partial charge >= 0.3 is 0 Å². The van der Waals surface area contributed by atoms with Crippen LogP contribution < -0.4 is 5.32 Å². The van der Waals surface area contributed by atoms with Crippen molar-refractivity contribution in [2.75, 3.05) is 0 Å². The topological polar surface area (TPSA) is 62.2 Å². The van der Waals surface area contributed by atoms with Crippen molar-refractivity contribution in [1.29, 1.82) is 0 Å². The molecular formula is C16H18N2O2S. The third-order valence-corrected chi connectivity index (χ3v) is 4.10. The van der Waals surface area contributed by atoms with Crippen LogP contribution in [0.3, 0.4) is 0 Å². The fourth-order valence-corrected chi connectivity index (χ4v) is 2.69. The third kappa shape index (κ3) is 4.58. The van der Waals surface area contributed by atoms with E-state index in [0.717, 1.165) is 16.2 Å². The first-order valence-electron chi connectivity index (χ1n) is 6.73. The average Bonchev–Trinajstić information content (AvgIpc) is 2.53. The Bertz CT molecular complexity index is 590. The summed E-state index contributed by atoms with van der Waals surface area (Å²) in [7, 11) is 0. The van der Waals surface area contributed by atoms with Gasteiger partial charge in [-0.25, -0.2) is 4.98 Å². The first-order valence-corrected chi connectivity index (χ1v) is 7.61. The molecule has 0 saturated carbocycles. The van der Waals surface area contributed by atoms with Crippen molar-refractivity contribution < 1.29 is 9.90 Å². The molecule has 110 valence electrons. The maximum atomic E-state index is 12.1. The normalized spacial score (nSPS) is 11.9. The summed E-state index contributed by atoms with van der Waals surface area (Å²) >= 11 is 1.42. The zero-order valence-electron chi connectivity index (χ0n) is 11.8. The number of thioether (sulfide) groups is 1. The first-order chi connectivity index (χ1) is 10.2. The average molecular weight is 302 g/mol. The van der Waals surface area contributed by atoms with Gasteiger partial charge in [0.1, 0.15) is 0 Å². The van der Waals surface area contributed by atoms with E-state index in [1.807, 2.05) is 49.4 Å². The summed E-state index contributed by atoms with van der Waals surface area (Å²) in [5.74, 6) is -0.0432. The molecule has 2 rings (SSSR count). The van der Waals surface area contributed by atoms with Crippen molar-refractivity contribution in [1.82, 2.24) is 10.3 Å². The molecule has 1 unspecified atom stereocenters. The highest BCUT2D eigenvalue weighted by atomic mass is 32.2. The Balaban J connectivity index is 1.89. The lowest BCUT2D eigenvalue weighted by Crippen LogP contribution is -2.30. The van der Waals surface area contributed by atoms with E-state index in [-0.39, 0.29) is 17.8 Å². The van der Waals surface area contributed by atoms with E-state index in [1.165, 1.54) is 11.8 Å². The Morgan fingerprint density at radius 3 is 2.62 bits per heavy atom. The Morgan fingerprint density at radius 2 is 1.95 bits per heavy atom. The quantitative estimate of drug-likeness (QED) is 0.804. The van der Waals surface area contributed by atoms with E-state index in [4.69, 9.17) is 0 Å². The molecule has 2 aromatic rings. The molecule has 21 heavy (non-hydrogen) atoms. The lowest BCUT2D eigenvalue weighted by molar-refractivity contribution is -0.120. The molecule has 0 aliphatic heterocycles. The number of rotatable bonds is 6. The van der Waals surface area contributed by atoms with Crippen molar-refractivity contribution >= 4 is 17.7 Å². The summed E-state index contributed by atoms with van der Waals surface area (Å²) in [5, 5.41) is 12.8. The second-order valence-electron chi connectivity index (χ2n) is 4.57. The van der Waals surface area contributed by atoms with Crippen LogP contribution in [0.25, 0.3) is 0 Å². The van der Waals surface area contributed by atoms with E-state index >= 15 is 0 Å². The van der Waals surface area contributed by atoms with Gasteiger partial charge < -0.3 is 10.4 Å². The van der Waals surface area contributed by atoms with E-state index in [1.54, 1.807) is 6.20 Å². The van der Waals surface area contributed by atoms with Gasteiger partial charge in [-0.2, -0.15) is 0 Å². The summed E-state index contributed by atoms with van der Waals surface area (Å²) in [5.41, 5.74) is 1.77. The zero-order valence-corrected chi connectivity index (χ0v) is 12.6. The molecule has 1 amide bonds. The molecule has 1 heterocycles. The number of nitrogens with one attached hydrogen (secondary N) is 1. The number of pyridine rings is 1. The van der Waals surface area contributed by atoms with Crippen LogP contribution in [0.4, 0.5) is 0 Å². The lowest BCUT2D eigenvalue weighted by atomic mass is 10.1. The summed E-state index contributed by atoms with van der Waals surface area (Å²) in [6, 6.07) is 13.2. The van der Waals surface area contributed by atoms with Crippen LogP contribution in [-0.2, 0) is 17.9 Å². The SMILES string of the molecule is CC(Sc1ccccn1)C(=O)NCc1ccccc1CO. The molecule has 0 bridgehead atoms. The van der Waals surface area contributed by atoms with Crippen LogP contribution in [0.2, 0.25) is 0 Å². The van der Waals surface area contributed by atoms with Crippen LogP contribution in [0.15, 0.2) is 53.7 Å². The summed E-state index contributed by atoms with van der Waals surface area (Å²) < 4.78 is 0. The van der Waals surface area contributed by atoms with Gasteiger partial charge in [-0.3, -0.25) is 4.79 Å². The highest BCUT2D eigenvalue weighted by Gasteiger charge is 2.14. The van der Waals surface area contributed by atoms with Crippen LogP contribution in [0.5, 0.6) is 0 Å². The van der Waals surface area contributed by atoms with Gasteiger partial charge in [-0.15, -0.1) is 0 Å². The van der Waals surface area contributed by atoms with Crippen molar-refractivity contribution in [3.05, 3.63) is 59.8 Å². The van der Waals surface area contributed by atoms with E-state index in [9.17, 15) is 9.90 Å². The third-order valence-electron chi connectivity index (χ3n) is 3.05. The second-order valence-corrected chi connectivity index (χ2v) is 5.93. The van der Waals surface area contributed by atoms with Gasteiger partial charge in [0, 0.05) is 12.7 Å². The molecule has 0 fully saturated rings. The number of amides is 1. The van der Waals surface area contributed by atoms with Crippen molar-refractivity contribution in [2.24, 2.45) is 0 Å². The molecule has 2 N–H and O–H groups in total. The number of aliphatic hydroxyl groups excluding tert-OH is 1. The van der Waals surface area contributed by atoms with Crippen molar-refractivity contribution in [3.8, 4) is 0 Å². The second kappa shape index (κ2) is 7.81. The highest BCUT2D eigenvalue weighted by Crippen LogP contribution is 2.20. The van der Waals surface area contributed by atoms with Gasteiger partial charge in [0.2, 0.25) is 5.91 Å². The first kappa shape index (κ1) is 15.5. The molecule has 0 aliphatic rings. The number of hydrogen-bond acceptors (Lipinski definition) is 4. The van der Waals surface area contributed by atoms with Gasteiger partial charge in [-0.05, 0) is 30.2 Å². The fraction of sp³-hybridized carbons (Fsp3) is 0.250. The van der Waals surface area contributed by atoms with Crippen molar-refractivity contribution in [3.63, 3.8) is 0 Å². The van der Waals surface area contributed by atoms with Crippen molar-refractivity contribution in [2.45, 2.75) is 30.4 Å². The molecular weight excluding hydrogens is 284 g/mol. The van der Waals surface area contributed by atoms with Crippen LogP contribution in [-0.4, -0.2) is 21.2 Å². The largest absolute Gasteiger partial charge is 0.392 e. The molecule has 0 aliphatic carbocycles. The standard InChI is InChI=1S/C16H18N2O2S/c1-12(21-15-8-4-5-9-17-15)16(20)18-10-13-6-2-3-7-14(13)11-19/h2-9,12,19H,10-11H2,1H3,(H,18,20). The number of aromatic nitrogens is 1. The van der Waals surface area contributed by atoms with Gasteiger partial charge in [0.25, 0.3) is 0 Å². The Hall–Kier alpha value is -1.85. The predicted molar refractivity (Wildman–Crippen MR) is 83.8 cm³/mol. The monoisotopic (exact) mass is 302 g/mol. The Labute approximate surface area is 128 Å². The van der Waals surface area contributed by atoms with Gasteiger partial charge in [-0.1, -0.05) is 42.1 Å². The number of aliphatic hydroxyl groups is 1. The predicted octanol–water partition coefficient (Wildman–Crippen LogP) is 2.37. The molecule has 1 aromatic heterocycles.